The first-order valence-electron chi connectivity index (χ1n) is 9.13. The first-order chi connectivity index (χ1) is 14.0. The van der Waals surface area contributed by atoms with E-state index in [1.807, 2.05) is 0 Å². The molecule has 0 saturated heterocycles. The van der Waals surface area contributed by atoms with Crippen LogP contribution in [0.1, 0.15) is 35.1 Å². The van der Waals surface area contributed by atoms with Crippen molar-refractivity contribution in [2.45, 2.75) is 19.8 Å². The van der Waals surface area contributed by atoms with Crippen LogP contribution in [0.5, 0.6) is 0 Å². The lowest BCUT2D eigenvalue weighted by Crippen LogP contribution is -2.32. The number of hydrogen-bond donors (Lipinski definition) is 0. The zero-order valence-electron chi connectivity index (χ0n) is 16.1. The van der Waals surface area contributed by atoms with E-state index in [1.165, 1.54) is 16.6 Å². The van der Waals surface area contributed by atoms with E-state index in [1.54, 1.807) is 31.7 Å². The monoisotopic (exact) mass is 410 g/mol. The smallest absolute Gasteiger partial charge is 0.266 e. The number of nitrogens with zero attached hydrogens (tertiary/aromatic N) is 8. The van der Waals surface area contributed by atoms with Crippen LogP contribution in [0.3, 0.4) is 0 Å². The van der Waals surface area contributed by atoms with Crippen LogP contribution in [0.15, 0.2) is 36.4 Å². The minimum Gasteiger partial charge on any atom is -0.333 e. The second-order valence-corrected chi connectivity index (χ2v) is 7.26. The molecule has 1 aliphatic rings. The summed E-state index contributed by atoms with van der Waals surface area (Å²) in [5.41, 5.74) is 4.16. The Morgan fingerprint density at radius 1 is 1.24 bits per heavy atom. The fraction of sp³-hybridized carbons (Fsp3) is 0.316. The zero-order chi connectivity index (χ0) is 20.4. The van der Waals surface area contributed by atoms with E-state index in [2.05, 4.69) is 42.2 Å². The Labute approximate surface area is 172 Å². The molecule has 0 aliphatic carbocycles. The third-order valence-electron chi connectivity index (χ3n) is 4.83. The molecule has 0 radical (unpaired) electrons. The predicted molar refractivity (Wildman–Crippen MR) is 108 cm³/mol. The molecule has 3 aromatic heterocycles. The molecule has 0 unspecified atom stereocenters. The second-order valence-electron chi connectivity index (χ2n) is 6.86. The van der Waals surface area contributed by atoms with Gasteiger partial charge < -0.3 is 4.90 Å². The van der Waals surface area contributed by atoms with Gasteiger partial charge in [-0.2, -0.15) is 4.80 Å². The summed E-state index contributed by atoms with van der Waals surface area (Å²) in [6, 6.07) is 1.61. The van der Waals surface area contributed by atoms with Crippen molar-refractivity contribution < 1.29 is 4.79 Å². The van der Waals surface area contributed by atoms with Crippen molar-refractivity contribution in [3.63, 3.8) is 0 Å². The van der Waals surface area contributed by atoms with Crippen LogP contribution in [0.4, 0.5) is 5.95 Å². The Morgan fingerprint density at radius 3 is 2.79 bits per heavy atom. The standard InChI is InChI=1S/C19H19ClN8O/c1-12-4-6-28(19-24-26-27(2)25-19)11-15(12)17-10-22-13(8-23-17)7-18(29)14-3-5-21-9-16(14)20/h3,5,8-10H,4,6-7,11H2,1-2H3. The van der Waals surface area contributed by atoms with E-state index in [0.717, 1.165) is 24.2 Å². The highest BCUT2D eigenvalue weighted by Gasteiger charge is 2.22. The van der Waals surface area contributed by atoms with Gasteiger partial charge in [-0.15, -0.1) is 5.10 Å². The number of rotatable bonds is 5. The van der Waals surface area contributed by atoms with Gasteiger partial charge in [0.05, 0.1) is 36.1 Å². The van der Waals surface area contributed by atoms with Crippen LogP contribution >= 0.6 is 11.6 Å². The largest absolute Gasteiger partial charge is 0.333 e. The molecule has 9 nitrogen and oxygen atoms in total. The second kappa shape index (κ2) is 8.04. The maximum atomic E-state index is 12.5. The number of pyridine rings is 1. The van der Waals surface area contributed by atoms with Crippen molar-refractivity contribution in [1.29, 1.82) is 0 Å². The van der Waals surface area contributed by atoms with Gasteiger partial charge in [-0.25, -0.2) is 0 Å². The summed E-state index contributed by atoms with van der Waals surface area (Å²) >= 11 is 6.05. The molecule has 0 fully saturated rings. The molecule has 3 aromatic rings. The van der Waals surface area contributed by atoms with E-state index in [9.17, 15) is 4.79 Å². The van der Waals surface area contributed by atoms with Crippen LogP contribution in [-0.4, -0.2) is 54.0 Å². The van der Waals surface area contributed by atoms with E-state index >= 15 is 0 Å². The van der Waals surface area contributed by atoms with Crippen molar-refractivity contribution >= 4 is 28.9 Å². The third kappa shape index (κ3) is 4.14. The summed E-state index contributed by atoms with van der Waals surface area (Å²) < 4.78 is 0. The molecule has 4 heterocycles. The van der Waals surface area contributed by atoms with Gasteiger partial charge in [-0.05, 0) is 30.2 Å². The van der Waals surface area contributed by atoms with Gasteiger partial charge in [0.2, 0.25) is 0 Å². The minimum absolute atomic E-state index is 0.118. The number of aromatic nitrogens is 7. The molecule has 0 aromatic carbocycles. The summed E-state index contributed by atoms with van der Waals surface area (Å²) in [6.07, 6.45) is 7.37. The lowest BCUT2D eigenvalue weighted by molar-refractivity contribution is 0.0992. The number of carbonyl (C=O) groups is 1. The van der Waals surface area contributed by atoms with Gasteiger partial charge >= 0.3 is 0 Å². The highest BCUT2D eigenvalue weighted by atomic mass is 35.5. The van der Waals surface area contributed by atoms with E-state index in [-0.39, 0.29) is 12.2 Å². The Kier molecular flexibility index (Phi) is 5.30. The molecule has 0 amide bonds. The predicted octanol–water partition coefficient (Wildman–Crippen LogP) is 2.16. The van der Waals surface area contributed by atoms with E-state index in [0.29, 0.717) is 28.8 Å². The van der Waals surface area contributed by atoms with Crippen LogP contribution in [0, 0.1) is 0 Å². The van der Waals surface area contributed by atoms with Crippen molar-refractivity contribution in [3.05, 3.63) is 58.4 Å². The van der Waals surface area contributed by atoms with Crippen molar-refractivity contribution in [3.8, 4) is 0 Å². The summed E-state index contributed by atoms with van der Waals surface area (Å²) in [4.78, 5) is 28.9. The van der Waals surface area contributed by atoms with E-state index < -0.39 is 0 Å². The SMILES string of the molecule is CC1=C(c2cnc(CC(=O)c3ccncc3Cl)cn2)CN(c2nnn(C)n2)CC1. The van der Waals surface area contributed by atoms with Crippen LogP contribution in [0.2, 0.25) is 5.02 Å². The number of carbonyl (C=O) groups excluding carboxylic acids is 1. The average Bonchev–Trinajstić information content (AvgIpc) is 3.16. The highest BCUT2D eigenvalue weighted by Crippen LogP contribution is 2.26. The molecule has 0 bridgehead atoms. The van der Waals surface area contributed by atoms with Crippen molar-refractivity contribution in [2.75, 3.05) is 18.0 Å². The molecule has 148 valence electrons. The summed E-state index contributed by atoms with van der Waals surface area (Å²) in [5, 5.41) is 12.6. The maximum Gasteiger partial charge on any atom is 0.266 e. The van der Waals surface area contributed by atoms with Crippen LogP contribution in [0.25, 0.3) is 5.57 Å². The van der Waals surface area contributed by atoms with E-state index in [4.69, 9.17) is 11.6 Å². The molecule has 0 N–H and O–H groups in total. The first-order valence-corrected chi connectivity index (χ1v) is 9.50. The Bertz CT molecular complexity index is 1080. The lowest BCUT2D eigenvalue weighted by atomic mass is 9.99. The summed E-state index contributed by atoms with van der Waals surface area (Å²) in [7, 11) is 1.74. The quantitative estimate of drug-likeness (QED) is 0.589. The third-order valence-corrected chi connectivity index (χ3v) is 5.13. The lowest BCUT2D eigenvalue weighted by Gasteiger charge is -2.28. The van der Waals surface area contributed by atoms with Crippen molar-refractivity contribution in [1.82, 2.24) is 35.2 Å². The fourth-order valence-electron chi connectivity index (χ4n) is 3.19. The van der Waals surface area contributed by atoms with Gasteiger partial charge in [0.25, 0.3) is 5.95 Å². The van der Waals surface area contributed by atoms with Crippen LogP contribution < -0.4 is 4.90 Å². The molecule has 4 rings (SSSR count). The molecular weight excluding hydrogens is 392 g/mol. The number of aryl methyl sites for hydroxylation is 1. The number of ketones is 1. The van der Waals surface area contributed by atoms with Gasteiger partial charge in [-0.3, -0.25) is 19.7 Å². The number of halogens is 1. The summed E-state index contributed by atoms with van der Waals surface area (Å²) in [6.45, 7) is 3.56. The van der Waals surface area contributed by atoms with Gasteiger partial charge in [-0.1, -0.05) is 22.3 Å². The fourth-order valence-corrected chi connectivity index (χ4v) is 3.42. The Morgan fingerprint density at radius 2 is 2.10 bits per heavy atom. The topological polar surface area (TPSA) is 103 Å². The molecular formula is C19H19ClN8O. The normalized spacial score (nSPS) is 14.4. The Balaban J connectivity index is 1.49. The number of tetrazole rings is 1. The Hall–Kier alpha value is -3.20. The van der Waals surface area contributed by atoms with Gasteiger partial charge in [0, 0.05) is 37.2 Å². The molecule has 10 heteroatoms. The first kappa shape index (κ1) is 19.1. The number of hydrogen-bond acceptors (Lipinski definition) is 8. The molecule has 0 saturated carbocycles. The van der Waals surface area contributed by atoms with Gasteiger partial charge in [0.1, 0.15) is 0 Å². The summed E-state index contributed by atoms with van der Waals surface area (Å²) in [5.74, 6) is 0.481. The number of anilines is 1. The average molecular weight is 411 g/mol. The van der Waals surface area contributed by atoms with Crippen molar-refractivity contribution in [2.24, 2.45) is 7.05 Å². The van der Waals surface area contributed by atoms with Gasteiger partial charge in [0.15, 0.2) is 5.78 Å². The molecule has 29 heavy (non-hydrogen) atoms. The zero-order valence-corrected chi connectivity index (χ0v) is 16.8. The molecule has 0 atom stereocenters. The highest BCUT2D eigenvalue weighted by molar-refractivity contribution is 6.33. The molecule has 0 spiro atoms. The maximum absolute atomic E-state index is 12.5. The molecule has 1 aliphatic heterocycles. The minimum atomic E-state index is -0.118. The number of Topliss-reactive ketones (excluding diaryl/α,β-unsaturated/α-hetero) is 1. The van der Waals surface area contributed by atoms with Crippen LogP contribution in [-0.2, 0) is 13.5 Å².